The Bertz CT molecular complexity index is 339. The van der Waals surface area contributed by atoms with E-state index in [1.165, 1.54) is 6.07 Å². The zero-order valence-corrected chi connectivity index (χ0v) is 10.1. The summed E-state index contributed by atoms with van der Waals surface area (Å²) in [6.45, 7) is 7.12. The Morgan fingerprint density at radius 2 is 2.00 bits per heavy atom. The van der Waals surface area contributed by atoms with Crippen LogP contribution in [0, 0.1) is 11.7 Å². The number of nitrogens with one attached hydrogen (secondary N) is 1. The highest BCUT2D eigenvalue weighted by Crippen LogP contribution is 2.20. The maximum Gasteiger partial charge on any atom is 0.131 e. The highest BCUT2D eigenvalue weighted by Gasteiger charge is 2.10. The molecule has 0 aliphatic heterocycles. The second-order valence-corrected chi connectivity index (χ2v) is 4.56. The summed E-state index contributed by atoms with van der Waals surface area (Å²) >= 11 is 0. The van der Waals surface area contributed by atoms with Crippen LogP contribution in [0.25, 0.3) is 0 Å². The fourth-order valence-electron chi connectivity index (χ4n) is 1.57. The first-order valence-electron chi connectivity index (χ1n) is 5.72. The lowest BCUT2D eigenvalue weighted by Crippen LogP contribution is -2.21. The van der Waals surface area contributed by atoms with E-state index in [9.17, 15) is 4.39 Å². The van der Waals surface area contributed by atoms with Crippen LogP contribution in [0.5, 0.6) is 5.75 Å². The van der Waals surface area contributed by atoms with E-state index in [2.05, 4.69) is 19.2 Å². The molecule has 0 saturated carbocycles. The first-order chi connectivity index (χ1) is 7.50. The standard InChI is InChI=1S/C13H20FNO/c1-9(2)6-7-15-10(3)12-5-4-11(16)8-13(12)14/h4-5,8-10,15-16H,6-7H2,1-3H3. The molecule has 0 aliphatic rings. The Morgan fingerprint density at radius 1 is 1.31 bits per heavy atom. The predicted octanol–water partition coefficient (Wildman–Crippen LogP) is 3.23. The van der Waals surface area contributed by atoms with Crippen molar-refractivity contribution < 1.29 is 9.50 Å². The van der Waals surface area contributed by atoms with E-state index in [0.29, 0.717) is 11.5 Å². The van der Waals surface area contributed by atoms with Crippen molar-refractivity contribution >= 4 is 0 Å². The number of rotatable bonds is 5. The van der Waals surface area contributed by atoms with Gasteiger partial charge in [0.25, 0.3) is 0 Å². The second-order valence-electron chi connectivity index (χ2n) is 4.56. The molecular weight excluding hydrogens is 205 g/mol. The van der Waals surface area contributed by atoms with Crippen LogP contribution in [0.2, 0.25) is 0 Å². The van der Waals surface area contributed by atoms with Gasteiger partial charge in [0.1, 0.15) is 11.6 Å². The molecule has 3 heteroatoms. The highest BCUT2D eigenvalue weighted by molar-refractivity contribution is 5.29. The normalized spacial score (nSPS) is 13.1. The molecule has 0 radical (unpaired) electrons. The van der Waals surface area contributed by atoms with Gasteiger partial charge in [0.2, 0.25) is 0 Å². The molecule has 1 rings (SSSR count). The van der Waals surface area contributed by atoms with Gasteiger partial charge in [0, 0.05) is 17.7 Å². The van der Waals surface area contributed by atoms with Gasteiger partial charge in [0.05, 0.1) is 0 Å². The third-order valence-corrected chi connectivity index (χ3v) is 2.62. The summed E-state index contributed by atoms with van der Waals surface area (Å²) < 4.78 is 13.5. The molecule has 16 heavy (non-hydrogen) atoms. The average molecular weight is 225 g/mol. The summed E-state index contributed by atoms with van der Waals surface area (Å²) in [7, 11) is 0. The third kappa shape index (κ3) is 3.81. The molecule has 0 spiro atoms. The van der Waals surface area contributed by atoms with Crippen molar-refractivity contribution in [2.75, 3.05) is 6.54 Å². The Hall–Kier alpha value is -1.09. The molecule has 0 aliphatic carbocycles. The lowest BCUT2D eigenvalue weighted by atomic mass is 10.1. The second kappa shape index (κ2) is 5.85. The number of hydrogen-bond acceptors (Lipinski definition) is 2. The van der Waals surface area contributed by atoms with Crippen molar-refractivity contribution in [2.45, 2.75) is 33.2 Å². The van der Waals surface area contributed by atoms with Gasteiger partial charge in [0.15, 0.2) is 0 Å². The lowest BCUT2D eigenvalue weighted by molar-refractivity contribution is 0.459. The highest BCUT2D eigenvalue weighted by atomic mass is 19.1. The maximum atomic E-state index is 13.5. The Kier molecular flexibility index (Phi) is 4.74. The summed E-state index contributed by atoms with van der Waals surface area (Å²) in [4.78, 5) is 0. The molecule has 0 fully saturated rings. The van der Waals surface area contributed by atoms with Crippen LogP contribution < -0.4 is 5.32 Å². The quantitative estimate of drug-likeness (QED) is 0.806. The van der Waals surface area contributed by atoms with Gasteiger partial charge >= 0.3 is 0 Å². The van der Waals surface area contributed by atoms with Gasteiger partial charge in [-0.05, 0) is 31.9 Å². The van der Waals surface area contributed by atoms with Crippen molar-refractivity contribution in [2.24, 2.45) is 5.92 Å². The Labute approximate surface area is 96.5 Å². The van der Waals surface area contributed by atoms with Crippen LogP contribution in [0.1, 0.15) is 38.8 Å². The number of phenols is 1. The largest absolute Gasteiger partial charge is 0.508 e. The summed E-state index contributed by atoms with van der Waals surface area (Å²) in [5.41, 5.74) is 0.599. The van der Waals surface area contributed by atoms with E-state index in [4.69, 9.17) is 5.11 Å². The van der Waals surface area contributed by atoms with E-state index in [1.54, 1.807) is 6.07 Å². The number of benzene rings is 1. The van der Waals surface area contributed by atoms with Crippen LogP contribution in [0.4, 0.5) is 4.39 Å². The van der Waals surface area contributed by atoms with E-state index < -0.39 is 0 Å². The summed E-state index contributed by atoms with van der Waals surface area (Å²) in [6.07, 6.45) is 1.07. The zero-order chi connectivity index (χ0) is 12.1. The van der Waals surface area contributed by atoms with Gasteiger partial charge < -0.3 is 10.4 Å². The van der Waals surface area contributed by atoms with E-state index in [-0.39, 0.29) is 17.6 Å². The molecule has 0 aromatic heterocycles. The predicted molar refractivity (Wildman–Crippen MR) is 63.9 cm³/mol. The molecule has 0 bridgehead atoms. The minimum Gasteiger partial charge on any atom is -0.508 e. The molecule has 0 heterocycles. The van der Waals surface area contributed by atoms with Crippen molar-refractivity contribution in [3.63, 3.8) is 0 Å². The SMILES string of the molecule is CC(C)CCNC(C)c1ccc(O)cc1F. The lowest BCUT2D eigenvalue weighted by Gasteiger charge is -2.16. The molecule has 2 nitrogen and oxygen atoms in total. The molecule has 1 aromatic rings. The molecule has 2 N–H and O–H groups in total. The monoisotopic (exact) mass is 225 g/mol. The van der Waals surface area contributed by atoms with Gasteiger partial charge in [-0.2, -0.15) is 0 Å². The van der Waals surface area contributed by atoms with Gasteiger partial charge in [-0.15, -0.1) is 0 Å². The fraction of sp³-hybridized carbons (Fsp3) is 0.538. The minimum atomic E-state index is -0.357. The molecule has 1 unspecified atom stereocenters. The summed E-state index contributed by atoms with van der Waals surface area (Å²) in [6, 6.07) is 4.26. The minimum absolute atomic E-state index is 0.0284. The molecule has 90 valence electrons. The summed E-state index contributed by atoms with van der Waals surface area (Å²) in [5, 5.41) is 12.4. The zero-order valence-electron chi connectivity index (χ0n) is 10.1. The number of hydrogen-bond donors (Lipinski definition) is 2. The Morgan fingerprint density at radius 3 is 2.56 bits per heavy atom. The van der Waals surface area contributed by atoms with Crippen molar-refractivity contribution in [1.82, 2.24) is 5.32 Å². The topological polar surface area (TPSA) is 32.3 Å². The summed E-state index contributed by atoms with van der Waals surface area (Å²) in [5.74, 6) is 0.254. The van der Waals surface area contributed by atoms with Crippen LogP contribution in [0.3, 0.4) is 0 Å². The van der Waals surface area contributed by atoms with Gasteiger partial charge in [-0.25, -0.2) is 4.39 Å². The van der Waals surface area contributed by atoms with Crippen molar-refractivity contribution in [3.05, 3.63) is 29.6 Å². The van der Waals surface area contributed by atoms with Crippen molar-refractivity contribution in [1.29, 1.82) is 0 Å². The van der Waals surface area contributed by atoms with Gasteiger partial charge in [-0.3, -0.25) is 0 Å². The maximum absolute atomic E-state index is 13.5. The number of halogens is 1. The first-order valence-corrected chi connectivity index (χ1v) is 5.72. The molecule has 0 amide bonds. The number of aromatic hydroxyl groups is 1. The first kappa shape index (κ1) is 13.0. The Balaban J connectivity index is 2.55. The number of phenolic OH excluding ortho intramolecular Hbond substituents is 1. The fourth-order valence-corrected chi connectivity index (χ4v) is 1.57. The molecule has 1 aromatic carbocycles. The van der Waals surface area contributed by atoms with E-state index in [0.717, 1.165) is 19.0 Å². The third-order valence-electron chi connectivity index (χ3n) is 2.62. The van der Waals surface area contributed by atoms with E-state index >= 15 is 0 Å². The smallest absolute Gasteiger partial charge is 0.131 e. The van der Waals surface area contributed by atoms with Crippen LogP contribution in [0.15, 0.2) is 18.2 Å². The van der Waals surface area contributed by atoms with Crippen LogP contribution in [-0.4, -0.2) is 11.7 Å². The molecule has 0 saturated heterocycles. The van der Waals surface area contributed by atoms with Crippen molar-refractivity contribution in [3.8, 4) is 5.75 Å². The van der Waals surface area contributed by atoms with Gasteiger partial charge in [-0.1, -0.05) is 19.9 Å². The van der Waals surface area contributed by atoms with Crippen LogP contribution >= 0.6 is 0 Å². The molecular formula is C13H20FNO. The molecule has 1 atom stereocenters. The average Bonchev–Trinajstić information content (AvgIpc) is 2.16. The van der Waals surface area contributed by atoms with Crippen LogP contribution in [-0.2, 0) is 0 Å². The van der Waals surface area contributed by atoms with E-state index in [1.807, 2.05) is 6.92 Å².